The van der Waals surface area contributed by atoms with Crippen LogP contribution in [-0.2, 0) is 0 Å². The fraction of sp³-hybridized carbons (Fsp3) is 0.143. The van der Waals surface area contributed by atoms with Gasteiger partial charge in [0.1, 0.15) is 30.3 Å². The van der Waals surface area contributed by atoms with E-state index in [4.69, 9.17) is 19.6 Å². The van der Waals surface area contributed by atoms with Crippen LogP contribution in [0.5, 0.6) is 11.5 Å². The number of rotatable bonds is 5. The van der Waals surface area contributed by atoms with Gasteiger partial charge in [-0.25, -0.2) is 0 Å². The first-order valence-electron chi connectivity index (χ1n) is 8.67. The zero-order valence-corrected chi connectivity index (χ0v) is 15.2. The maximum atomic E-state index is 9.26. The molecule has 1 atom stereocenters. The second-order valence-corrected chi connectivity index (χ2v) is 6.12. The number of benzene rings is 2. The molecule has 0 bridgehead atoms. The summed E-state index contributed by atoms with van der Waals surface area (Å²) in [6.07, 6.45) is 1.08. The Morgan fingerprint density at radius 1 is 1.18 bits per heavy atom. The van der Waals surface area contributed by atoms with Crippen molar-refractivity contribution in [2.45, 2.75) is 6.17 Å². The predicted molar refractivity (Wildman–Crippen MR) is 105 cm³/mol. The number of anilines is 1. The van der Waals surface area contributed by atoms with E-state index in [9.17, 15) is 5.26 Å². The lowest BCUT2D eigenvalue weighted by Crippen LogP contribution is -2.44. The van der Waals surface area contributed by atoms with Crippen LogP contribution < -0.4 is 20.1 Å². The second-order valence-electron chi connectivity index (χ2n) is 6.12. The first kappa shape index (κ1) is 17.6. The molecule has 2 N–H and O–H groups in total. The number of hydrogen-bond donors (Lipinski definition) is 1. The lowest BCUT2D eigenvalue weighted by molar-refractivity contribution is 0.370. The van der Waals surface area contributed by atoms with Crippen molar-refractivity contribution >= 4 is 17.4 Å². The van der Waals surface area contributed by atoms with E-state index in [1.165, 1.54) is 0 Å². The van der Waals surface area contributed by atoms with Crippen LogP contribution in [-0.4, -0.2) is 19.6 Å². The van der Waals surface area contributed by atoms with Crippen molar-refractivity contribution < 1.29 is 13.9 Å². The van der Waals surface area contributed by atoms with Gasteiger partial charge in [-0.2, -0.15) is 10.3 Å². The zero-order chi connectivity index (χ0) is 19.5. The lowest BCUT2D eigenvalue weighted by atomic mass is 10.1. The van der Waals surface area contributed by atoms with Gasteiger partial charge < -0.3 is 24.5 Å². The monoisotopic (exact) mass is 374 g/mol. The lowest BCUT2D eigenvalue weighted by Gasteiger charge is -2.34. The first-order valence-corrected chi connectivity index (χ1v) is 8.67. The molecule has 0 saturated heterocycles. The Morgan fingerprint density at radius 3 is 2.71 bits per heavy atom. The summed E-state index contributed by atoms with van der Waals surface area (Å²) in [4.78, 5) is 6.46. The molecule has 0 radical (unpaired) electrons. The predicted octanol–water partition coefficient (Wildman–Crippen LogP) is 3.75. The summed E-state index contributed by atoms with van der Waals surface area (Å²) in [5, 5.41) is 9.26. The molecule has 7 heteroatoms. The van der Waals surface area contributed by atoms with E-state index in [-0.39, 0.29) is 6.61 Å². The second kappa shape index (κ2) is 7.47. The van der Waals surface area contributed by atoms with Gasteiger partial charge in [-0.1, -0.05) is 12.1 Å². The number of ether oxygens (including phenoxy) is 2. The summed E-state index contributed by atoms with van der Waals surface area (Å²) in [6.45, 7) is 0.124. The molecule has 1 aromatic heterocycles. The topological polar surface area (TPSA) is 97.0 Å². The van der Waals surface area contributed by atoms with E-state index in [1.807, 2.05) is 41.3 Å². The van der Waals surface area contributed by atoms with Gasteiger partial charge in [-0.3, -0.25) is 0 Å². The molecule has 0 saturated carbocycles. The summed E-state index contributed by atoms with van der Waals surface area (Å²) in [7, 11) is 1.62. The Hall–Kier alpha value is -3.76. The van der Waals surface area contributed by atoms with E-state index in [0.29, 0.717) is 23.0 Å². The number of furan rings is 1. The molecule has 0 aliphatic carbocycles. The minimum atomic E-state index is -0.482. The molecule has 2 heterocycles. The summed E-state index contributed by atoms with van der Waals surface area (Å²) in [5.74, 6) is 2.27. The molecule has 2 aromatic carbocycles. The average molecular weight is 374 g/mol. The van der Waals surface area contributed by atoms with Gasteiger partial charge >= 0.3 is 0 Å². The molecule has 0 fully saturated rings. The van der Waals surface area contributed by atoms with Crippen LogP contribution in [0.4, 0.5) is 11.6 Å². The van der Waals surface area contributed by atoms with Gasteiger partial charge in [0, 0.05) is 5.69 Å². The minimum absolute atomic E-state index is 0.124. The van der Waals surface area contributed by atoms with E-state index in [1.54, 1.807) is 31.6 Å². The molecule has 28 heavy (non-hydrogen) atoms. The Bertz CT molecular complexity index is 1050. The molecule has 140 valence electrons. The molecule has 0 amide bonds. The van der Waals surface area contributed by atoms with Crippen molar-refractivity contribution in [1.82, 2.24) is 0 Å². The smallest absolute Gasteiger partial charge is 0.226 e. The van der Waals surface area contributed by atoms with Crippen LogP contribution in [0.2, 0.25) is 0 Å². The van der Waals surface area contributed by atoms with Crippen molar-refractivity contribution in [1.29, 1.82) is 5.26 Å². The van der Waals surface area contributed by atoms with Gasteiger partial charge in [0.25, 0.3) is 0 Å². The van der Waals surface area contributed by atoms with Crippen molar-refractivity contribution in [3.05, 3.63) is 72.0 Å². The van der Waals surface area contributed by atoms with E-state index >= 15 is 0 Å². The van der Waals surface area contributed by atoms with Gasteiger partial charge in [0.05, 0.1) is 24.5 Å². The molecule has 4 rings (SSSR count). The highest BCUT2D eigenvalue weighted by Crippen LogP contribution is 2.36. The molecule has 0 spiro atoms. The van der Waals surface area contributed by atoms with Crippen LogP contribution in [0.25, 0.3) is 0 Å². The molecular formula is C21H18N4O3. The maximum Gasteiger partial charge on any atom is 0.226 e. The van der Waals surface area contributed by atoms with Crippen LogP contribution in [0.15, 0.2) is 70.3 Å². The van der Waals surface area contributed by atoms with Gasteiger partial charge in [-0.15, -0.1) is 0 Å². The van der Waals surface area contributed by atoms with Crippen LogP contribution in [0, 0.1) is 11.3 Å². The Morgan fingerprint density at radius 2 is 1.96 bits per heavy atom. The maximum absolute atomic E-state index is 9.26. The van der Waals surface area contributed by atoms with Crippen molar-refractivity contribution in [3.63, 3.8) is 0 Å². The Labute approximate surface area is 162 Å². The molecule has 3 aromatic rings. The third-order valence-corrected chi connectivity index (χ3v) is 4.49. The first-order chi connectivity index (χ1) is 13.7. The SMILES string of the molecule is COc1ccc(N2C(COc3ccccc3C#N)=Nc3occc3C2N)cc1. The molecular weight excluding hydrogens is 356 g/mol. The summed E-state index contributed by atoms with van der Waals surface area (Å²) in [6, 6.07) is 18.5. The summed E-state index contributed by atoms with van der Waals surface area (Å²) < 4.78 is 16.6. The van der Waals surface area contributed by atoms with E-state index < -0.39 is 6.17 Å². The van der Waals surface area contributed by atoms with Crippen molar-refractivity contribution in [2.24, 2.45) is 10.7 Å². The minimum Gasteiger partial charge on any atom is -0.497 e. The number of para-hydroxylation sites is 1. The average Bonchev–Trinajstić information content (AvgIpc) is 3.22. The Kier molecular flexibility index (Phi) is 4.70. The molecule has 7 nitrogen and oxygen atoms in total. The summed E-state index contributed by atoms with van der Waals surface area (Å²) >= 11 is 0. The standard InChI is InChI=1S/C21H18N4O3/c1-26-16-8-6-15(7-9-16)25-19(24-21-17(20(25)23)10-11-27-21)13-28-18-5-3-2-4-14(18)12-22/h2-11,20H,13,23H2,1H3. The molecule has 1 aliphatic heterocycles. The van der Waals surface area contributed by atoms with E-state index in [2.05, 4.69) is 11.1 Å². The highest BCUT2D eigenvalue weighted by molar-refractivity contribution is 6.02. The highest BCUT2D eigenvalue weighted by Gasteiger charge is 2.31. The quantitative estimate of drug-likeness (QED) is 0.730. The number of nitrogens with zero attached hydrogens (tertiary/aromatic N) is 3. The highest BCUT2D eigenvalue weighted by atomic mass is 16.5. The number of methoxy groups -OCH3 is 1. The number of amidine groups is 1. The van der Waals surface area contributed by atoms with Crippen LogP contribution in [0.1, 0.15) is 17.3 Å². The van der Waals surface area contributed by atoms with Gasteiger partial charge in [-0.05, 0) is 42.5 Å². The number of fused-ring (bicyclic) bond motifs is 1. The number of aliphatic imine (C=N–C) groups is 1. The normalized spacial score (nSPS) is 15.4. The van der Waals surface area contributed by atoms with Crippen molar-refractivity contribution in [2.75, 3.05) is 18.6 Å². The molecule has 1 aliphatic rings. The summed E-state index contributed by atoms with van der Waals surface area (Å²) in [5.41, 5.74) is 8.59. The fourth-order valence-corrected chi connectivity index (χ4v) is 3.08. The number of nitrogens with two attached hydrogens (primary N) is 1. The number of nitriles is 1. The van der Waals surface area contributed by atoms with E-state index in [0.717, 1.165) is 17.0 Å². The zero-order valence-electron chi connectivity index (χ0n) is 15.2. The third-order valence-electron chi connectivity index (χ3n) is 4.49. The van der Waals surface area contributed by atoms with Crippen LogP contribution in [0.3, 0.4) is 0 Å². The van der Waals surface area contributed by atoms with Gasteiger partial charge in [0.15, 0.2) is 5.84 Å². The fourth-order valence-electron chi connectivity index (χ4n) is 3.08. The van der Waals surface area contributed by atoms with Crippen molar-refractivity contribution in [3.8, 4) is 17.6 Å². The van der Waals surface area contributed by atoms with Gasteiger partial charge in [0.2, 0.25) is 5.88 Å². The third kappa shape index (κ3) is 3.17. The number of hydrogen-bond acceptors (Lipinski definition) is 7. The molecule has 1 unspecified atom stereocenters. The van der Waals surface area contributed by atoms with Crippen LogP contribution >= 0.6 is 0 Å². The largest absolute Gasteiger partial charge is 0.497 e. The Balaban J connectivity index is 1.67.